The highest BCUT2D eigenvalue weighted by Crippen LogP contribution is 2.48. The van der Waals surface area contributed by atoms with Crippen molar-refractivity contribution in [1.82, 2.24) is 10.2 Å². The first-order chi connectivity index (χ1) is 13.9. The number of halogens is 1. The molecule has 29 heavy (non-hydrogen) atoms. The van der Waals surface area contributed by atoms with Gasteiger partial charge in [0.05, 0.1) is 21.3 Å². The summed E-state index contributed by atoms with van der Waals surface area (Å²) in [6.07, 6.45) is 1.96. The maximum absolute atomic E-state index is 13.0. The Morgan fingerprint density at radius 3 is 2.79 bits per heavy atom. The fourth-order valence-corrected chi connectivity index (χ4v) is 7.26. The number of thioether (sulfide) groups is 1. The molecule has 0 bridgehead atoms. The van der Waals surface area contributed by atoms with Crippen LogP contribution in [0.1, 0.15) is 43.9 Å². The Bertz CT molecular complexity index is 1080. The van der Waals surface area contributed by atoms with Crippen LogP contribution in [0.2, 0.25) is 0 Å². The van der Waals surface area contributed by atoms with Gasteiger partial charge in [-0.3, -0.25) is 9.69 Å². The molecule has 0 fully saturated rings. The first-order valence-corrected chi connectivity index (χ1v) is 12.4. The van der Waals surface area contributed by atoms with E-state index < -0.39 is 5.92 Å². The van der Waals surface area contributed by atoms with Crippen LogP contribution in [-0.2, 0) is 4.79 Å². The molecule has 3 heterocycles. The minimum absolute atomic E-state index is 0.0762. The number of nitriles is 1. The molecule has 2 N–H and O–H groups in total. The van der Waals surface area contributed by atoms with Gasteiger partial charge in [-0.05, 0) is 40.9 Å². The van der Waals surface area contributed by atoms with Gasteiger partial charge in [0.25, 0.3) is 0 Å². The second-order valence-corrected chi connectivity index (χ2v) is 12.2. The lowest BCUT2D eigenvalue weighted by molar-refractivity contribution is -0.116. The average molecular weight is 508 g/mol. The predicted octanol–water partition coefficient (Wildman–Crippen LogP) is 5.17. The number of carbonyl (C=O) groups excluding carboxylic acids is 1. The summed E-state index contributed by atoms with van der Waals surface area (Å²) in [6, 6.07) is 6.16. The first kappa shape index (κ1) is 20.6. The predicted molar refractivity (Wildman–Crippen MR) is 121 cm³/mol. The minimum Gasteiger partial charge on any atom is -0.384 e. The molecule has 0 radical (unpaired) electrons. The molecule has 0 unspecified atom stereocenters. The summed E-state index contributed by atoms with van der Waals surface area (Å²) in [5, 5.41) is 19.6. The molecule has 2 aromatic heterocycles. The van der Waals surface area contributed by atoms with Crippen LogP contribution in [0, 0.1) is 11.3 Å². The van der Waals surface area contributed by atoms with E-state index in [1.807, 2.05) is 12.1 Å². The molecule has 1 atom stereocenters. The van der Waals surface area contributed by atoms with E-state index in [4.69, 9.17) is 5.73 Å². The van der Waals surface area contributed by atoms with Crippen LogP contribution < -0.4 is 10.6 Å². The number of hydrogen-bond donors (Lipinski definition) is 1. The molecule has 0 amide bonds. The number of hydrogen-bond acceptors (Lipinski definition) is 9. The van der Waals surface area contributed by atoms with E-state index in [0.29, 0.717) is 33.8 Å². The number of thiophene rings is 1. The summed E-state index contributed by atoms with van der Waals surface area (Å²) in [5.41, 5.74) is 8.44. The van der Waals surface area contributed by atoms with Crippen LogP contribution in [0.25, 0.3) is 0 Å². The topological polar surface area (TPSA) is 95.9 Å². The normalized spacial score (nSPS) is 19.8. The second-order valence-electron chi connectivity index (χ2n) is 6.98. The van der Waals surface area contributed by atoms with Gasteiger partial charge >= 0.3 is 0 Å². The van der Waals surface area contributed by atoms with Gasteiger partial charge in [-0.15, -0.1) is 21.5 Å². The standard InChI is InChI=1S/C19H18BrN5OS3/c1-9(2)27-19-24-23-18(29-19)25-11-4-3-5-12(26)16(11)15(10(8-21)17(25)22)13-6-7-14(20)28-13/h6-7,9,15H,3-5,22H2,1-2H3/t15-/m0/s1. The van der Waals surface area contributed by atoms with Gasteiger partial charge in [0.15, 0.2) is 10.1 Å². The van der Waals surface area contributed by atoms with Crippen molar-refractivity contribution in [3.8, 4) is 6.07 Å². The van der Waals surface area contributed by atoms with Gasteiger partial charge in [-0.1, -0.05) is 36.9 Å². The van der Waals surface area contributed by atoms with Crippen molar-refractivity contribution in [2.45, 2.75) is 48.6 Å². The van der Waals surface area contributed by atoms with E-state index in [2.05, 4.69) is 46.0 Å². The highest BCUT2D eigenvalue weighted by atomic mass is 79.9. The molecule has 0 saturated heterocycles. The highest BCUT2D eigenvalue weighted by molar-refractivity contribution is 9.11. The second kappa shape index (κ2) is 8.22. The molecule has 150 valence electrons. The van der Waals surface area contributed by atoms with Crippen LogP contribution in [-0.4, -0.2) is 21.2 Å². The minimum atomic E-state index is -0.423. The van der Waals surface area contributed by atoms with Crippen molar-refractivity contribution in [3.05, 3.63) is 43.5 Å². The lowest BCUT2D eigenvalue weighted by Crippen LogP contribution is -2.38. The summed E-state index contributed by atoms with van der Waals surface area (Å²) < 4.78 is 1.80. The molecular formula is C19H18BrN5OS3. The van der Waals surface area contributed by atoms with Gasteiger partial charge in [-0.25, -0.2) is 0 Å². The Labute approximate surface area is 189 Å². The molecule has 2 aliphatic rings. The van der Waals surface area contributed by atoms with Crippen molar-refractivity contribution in [2.75, 3.05) is 4.90 Å². The molecule has 2 aromatic rings. The number of allylic oxidation sites excluding steroid dienone is 3. The number of aromatic nitrogens is 2. The number of rotatable bonds is 4. The van der Waals surface area contributed by atoms with Crippen LogP contribution in [0.4, 0.5) is 5.13 Å². The summed E-state index contributed by atoms with van der Waals surface area (Å²) in [4.78, 5) is 15.7. The van der Waals surface area contributed by atoms with Gasteiger partial charge in [0.1, 0.15) is 5.82 Å². The number of nitrogens with two attached hydrogens (primary N) is 1. The van der Waals surface area contributed by atoms with Crippen LogP contribution in [0.15, 0.2) is 42.9 Å². The SMILES string of the molecule is CC(C)Sc1nnc(N2C(N)=C(C#N)[C@@H](c3ccc(Br)s3)C3=C2CCCC3=O)s1. The fraction of sp³-hybridized carbons (Fsp3) is 0.368. The van der Waals surface area contributed by atoms with Crippen molar-refractivity contribution < 1.29 is 4.79 Å². The Balaban J connectivity index is 1.88. The third-order valence-corrected chi connectivity index (χ3v) is 8.40. The zero-order valence-corrected chi connectivity index (χ0v) is 19.8. The molecule has 1 aliphatic carbocycles. The van der Waals surface area contributed by atoms with E-state index in [1.54, 1.807) is 16.7 Å². The molecule has 0 saturated carbocycles. The highest BCUT2D eigenvalue weighted by Gasteiger charge is 2.41. The maximum Gasteiger partial charge on any atom is 0.219 e. The quantitative estimate of drug-likeness (QED) is 0.570. The monoisotopic (exact) mass is 507 g/mol. The van der Waals surface area contributed by atoms with Gasteiger partial charge in [0.2, 0.25) is 5.13 Å². The molecule has 6 nitrogen and oxygen atoms in total. The number of Topliss-reactive ketones (excluding diaryl/α,β-unsaturated/α-hetero) is 1. The smallest absolute Gasteiger partial charge is 0.219 e. The Morgan fingerprint density at radius 1 is 1.34 bits per heavy atom. The third kappa shape index (κ3) is 3.77. The lowest BCUT2D eigenvalue weighted by atomic mass is 9.78. The van der Waals surface area contributed by atoms with Crippen LogP contribution >= 0.6 is 50.4 Å². The lowest BCUT2D eigenvalue weighted by Gasteiger charge is -2.37. The first-order valence-electron chi connectivity index (χ1n) is 9.12. The molecule has 1 aliphatic heterocycles. The summed E-state index contributed by atoms with van der Waals surface area (Å²) in [6.45, 7) is 4.19. The van der Waals surface area contributed by atoms with E-state index in [0.717, 1.165) is 31.5 Å². The molecule has 0 spiro atoms. The van der Waals surface area contributed by atoms with E-state index in [1.165, 1.54) is 22.7 Å². The van der Waals surface area contributed by atoms with Gasteiger partial charge in [-0.2, -0.15) is 5.26 Å². The van der Waals surface area contributed by atoms with Crippen LogP contribution in [0.5, 0.6) is 0 Å². The third-order valence-electron chi connectivity index (χ3n) is 4.72. The van der Waals surface area contributed by atoms with Gasteiger partial charge in [0, 0.05) is 27.8 Å². The Hall–Kier alpha value is -1.67. The average Bonchev–Trinajstić information content (AvgIpc) is 3.29. The summed E-state index contributed by atoms with van der Waals surface area (Å²) in [5.74, 6) is -0.00665. The fourth-order valence-electron chi connectivity index (χ4n) is 3.61. The molecular weight excluding hydrogens is 490 g/mol. The van der Waals surface area contributed by atoms with E-state index in [9.17, 15) is 10.1 Å². The van der Waals surface area contributed by atoms with Crippen LogP contribution in [0.3, 0.4) is 0 Å². The van der Waals surface area contributed by atoms with Crippen molar-refractivity contribution in [1.29, 1.82) is 5.26 Å². The number of nitrogens with zero attached hydrogens (tertiary/aromatic N) is 4. The summed E-state index contributed by atoms with van der Waals surface area (Å²) >= 11 is 8.08. The van der Waals surface area contributed by atoms with Gasteiger partial charge < -0.3 is 5.73 Å². The maximum atomic E-state index is 13.0. The Morgan fingerprint density at radius 2 is 2.14 bits per heavy atom. The Kier molecular flexibility index (Phi) is 5.84. The van der Waals surface area contributed by atoms with Crippen molar-refractivity contribution >= 4 is 61.3 Å². The summed E-state index contributed by atoms with van der Waals surface area (Å²) in [7, 11) is 0. The largest absolute Gasteiger partial charge is 0.384 e. The van der Waals surface area contributed by atoms with E-state index >= 15 is 0 Å². The zero-order valence-electron chi connectivity index (χ0n) is 15.8. The zero-order chi connectivity index (χ0) is 20.7. The number of carbonyl (C=O) groups is 1. The van der Waals surface area contributed by atoms with Crippen molar-refractivity contribution in [2.24, 2.45) is 5.73 Å². The van der Waals surface area contributed by atoms with Crippen molar-refractivity contribution in [3.63, 3.8) is 0 Å². The molecule has 0 aromatic carbocycles. The molecule has 10 heteroatoms. The number of anilines is 1. The number of ketones is 1. The van der Waals surface area contributed by atoms with E-state index in [-0.39, 0.29) is 5.78 Å². The molecule has 4 rings (SSSR count).